The SMILES string of the molecule is Cc1ncsc1-c1ccc(CNC(=O)[C@@H]2C[C@@H](O)CN2C(=O)[C@@H](NC(=O)CCCCC=O)C(C)(C)C)cc1. The van der Waals surface area contributed by atoms with Gasteiger partial charge in [-0.05, 0) is 36.3 Å². The van der Waals surface area contributed by atoms with Crippen molar-refractivity contribution in [3.05, 3.63) is 41.0 Å². The van der Waals surface area contributed by atoms with Gasteiger partial charge in [-0.25, -0.2) is 4.98 Å². The molecule has 0 radical (unpaired) electrons. The highest BCUT2D eigenvalue weighted by Crippen LogP contribution is 2.28. The van der Waals surface area contributed by atoms with E-state index >= 15 is 0 Å². The van der Waals surface area contributed by atoms with Gasteiger partial charge in [-0.2, -0.15) is 0 Å². The molecule has 0 unspecified atom stereocenters. The minimum absolute atomic E-state index is 0.0294. The average Bonchev–Trinajstić information content (AvgIpc) is 3.48. The first-order chi connectivity index (χ1) is 18.0. The van der Waals surface area contributed by atoms with E-state index in [0.717, 1.165) is 28.0 Å². The smallest absolute Gasteiger partial charge is 0.246 e. The molecule has 0 saturated carbocycles. The number of aliphatic hydroxyl groups is 1. The molecule has 3 amide bonds. The van der Waals surface area contributed by atoms with E-state index < -0.39 is 23.6 Å². The fraction of sp³-hybridized carbons (Fsp3) is 0.536. The second-order valence-electron chi connectivity index (χ2n) is 10.9. The lowest BCUT2D eigenvalue weighted by molar-refractivity contribution is -0.144. The molecule has 1 aliphatic heterocycles. The molecular formula is C28H38N4O5S. The Morgan fingerprint density at radius 1 is 1.21 bits per heavy atom. The number of aromatic nitrogens is 1. The number of rotatable bonds is 11. The fourth-order valence-corrected chi connectivity index (χ4v) is 5.34. The van der Waals surface area contributed by atoms with Gasteiger partial charge in [0, 0.05) is 32.4 Å². The van der Waals surface area contributed by atoms with Crippen LogP contribution in [0.3, 0.4) is 0 Å². The van der Waals surface area contributed by atoms with Crippen LogP contribution in [0.25, 0.3) is 10.4 Å². The van der Waals surface area contributed by atoms with E-state index in [1.54, 1.807) is 11.3 Å². The number of unbranched alkanes of at least 4 members (excludes halogenated alkanes) is 2. The Balaban J connectivity index is 1.63. The number of β-amino-alcohol motifs (C(OH)–C–C–N with tert-alkyl or cyclic N) is 1. The van der Waals surface area contributed by atoms with Crippen molar-refractivity contribution in [1.82, 2.24) is 20.5 Å². The fourth-order valence-electron chi connectivity index (χ4n) is 4.53. The van der Waals surface area contributed by atoms with Gasteiger partial charge in [0.15, 0.2) is 0 Å². The number of likely N-dealkylation sites (tertiary alicyclic amines) is 1. The summed E-state index contributed by atoms with van der Waals surface area (Å²) in [6.07, 6.45) is 1.90. The number of hydrogen-bond donors (Lipinski definition) is 3. The van der Waals surface area contributed by atoms with Gasteiger partial charge in [0.2, 0.25) is 17.7 Å². The Bertz CT molecular complexity index is 1130. The third kappa shape index (κ3) is 7.70. The Morgan fingerprint density at radius 3 is 2.53 bits per heavy atom. The first-order valence-electron chi connectivity index (χ1n) is 13.0. The molecule has 3 atom stereocenters. The van der Waals surface area contributed by atoms with Crippen molar-refractivity contribution >= 4 is 35.3 Å². The van der Waals surface area contributed by atoms with Crippen LogP contribution >= 0.6 is 11.3 Å². The maximum Gasteiger partial charge on any atom is 0.246 e. The predicted octanol–water partition coefficient (Wildman–Crippen LogP) is 2.99. The Kier molecular flexibility index (Phi) is 10.2. The second kappa shape index (κ2) is 13.1. The topological polar surface area (TPSA) is 129 Å². The highest BCUT2D eigenvalue weighted by molar-refractivity contribution is 7.13. The largest absolute Gasteiger partial charge is 0.391 e. The molecule has 1 aliphatic rings. The van der Waals surface area contributed by atoms with Gasteiger partial charge >= 0.3 is 0 Å². The molecule has 3 rings (SSSR count). The molecule has 2 aromatic rings. The zero-order chi connectivity index (χ0) is 27.9. The first-order valence-corrected chi connectivity index (χ1v) is 13.9. The van der Waals surface area contributed by atoms with Crippen LogP contribution in [-0.4, -0.2) is 63.7 Å². The van der Waals surface area contributed by atoms with Crippen LogP contribution in [0, 0.1) is 12.3 Å². The van der Waals surface area contributed by atoms with Crippen molar-refractivity contribution in [2.24, 2.45) is 5.41 Å². The van der Waals surface area contributed by atoms with Crippen molar-refractivity contribution in [3.63, 3.8) is 0 Å². The summed E-state index contributed by atoms with van der Waals surface area (Å²) in [6, 6.07) is 6.19. The van der Waals surface area contributed by atoms with Gasteiger partial charge < -0.3 is 25.4 Å². The number of benzene rings is 1. The Hall–Kier alpha value is -3.11. The van der Waals surface area contributed by atoms with Crippen LogP contribution in [0.2, 0.25) is 0 Å². The number of aryl methyl sites for hydroxylation is 1. The summed E-state index contributed by atoms with van der Waals surface area (Å²) in [6.45, 7) is 7.83. The van der Waals surface area contributed by atoms with Gasteiger partial charge in [0.05, 0.1) is 22.2 Å². The Morgan fingerprint density at radius 2 is 1.92 bits per heavy atom. The number of nitrogens with one attached hydrogen (secondary N) is 2. The van der Waals surface area contributed by atoms with Crippen LogP contribution in [0.4, 0.5) is 0 Å². The van der Waals surface area contributed by atoms with E-state index in [0.29, 0.717) is 19.3 Å². The summed E-state index contributed by atoms with van der Waals surface area (Å²) < 4.78 is 0. The number of thiazole rings is 1. The summed E-state index contributed by atoms with van der Waals surface area (Å²) in [5, 5.41) is 16.1. The molecular weight excluding hydrogens is 504 g/mol. The average molecular weight is 543 g/mol. The molecule has 2 heterocycles. The van der Waals surface area contributed by atoms with Gasteiger partial charge in [0.1, 0.15) is 18.4 Å². The number of nitrogens with zero attached hydrogens (tertiary/aromatic N) is 2. The number of carbonyl (C=O) groups excluding carboxylic acids is 4. The monoisotopic (exact) mass is 542 g/mol. The Labute approximate surface area is 228 Å². The van der Waals surface area contributed by atoms with E-state index in [9.17, 15) is 24.3 Å². The lowest BCUT2D eigenvalue weighted by Crippen LogP contribution is -2.57. The van der Waals surface area contributed by atoms with Crippen LogP contribution in [0.5, 0.6) is 0 Å². The second-order valence-corrected chi connectivity index (χ2v) is 11.7. The molecule has 10 heteroatoms. The van der Waals surface area contributed by atoms with E-state index in [1.165, 1.54) is 4.90 Å². The molecule has 3 N–H and O–H groups in total. The number of carbonyl (C=O) groups is 4. The van der Waals surface area contributed by atoms with E-state index in [2.05, 4.69) is 15.6 Å². The van der Waals surface area contributed by atoms with Crippen molar-refractivity contribution < 1.29 is 24.3 Å². The zero-order valence-electron chi connectivity index (χ0n) is 22.5. The highest BCUT2D eigenvalue weighted by atomic mass is 32.1. The molecule has 206 valence electrons. The van der Waals surface area contributed by atoms with Gasteiger partial charge in [-0.15, -0.1) is 11.3 Å². The molecule has 1 fully saturated rings. The number of aldehydes is 1. The molecule has 0 aliphatic carbocycles. The van der Waals surface area contributed by atoms with Crippen molar-refractivity contribution in [2.75, 3.05) is 6.54 Å². The normalized spacial score (nSPS) is 18.2. The van der Waals surface area contributed by atoms with E-state index in [1.807, 2.05) is 57.5 Å². The maximum atomic E-state index is 13.6. The number of amides is 3. The maximum absolute atomic E-state index is 13.6. The van der Waals surface area contributed by atoms with Crippen LogP contribution < -0.4 is 10.6 Å². The van der Waals surface area contributed by atoms with Gasteiger partial charge in [-0.3, -0.25) is 14.4 Å². The van der Waals surface area contributed by atoms with Crippen molar-refractivity contribution in [2.45, 2.75) is 84.5 Å². The molecule has 1 saturated heterocycles. The third-order valence-corrected chi connectivity index (χ3v) is 7.66. The molecule has 1 aromatic heterocycles. The van der Waals surface area contributed by atoms with Crippen LogP contribution in [0.1, 0.15) is 64.1 Å². The van der Waals surface area contributed by atoms with Crippen molar-refractivity contribution in [3.8, 4) is 10.4 Å². The summed E-state index contributed by atoms with van der Waals surface area (Å²) in [5.74, 6) is -1.01. The van der Waals surface area contributed by atoms with E-state index in [-0.39, 0.29) is 43.7 Å². The minimum Gasteiger partial charge on any atom is -0.391 e. The lowest BCUT2D eigenvalue weighted by Gasteiger charge is -2.35. The minimum atomic E-state index is -0.857. The zero-order valence-corrected chi connectivity index (χ0v) is 23.3. The van der Waals surface area contributed by atoms with Crippen LogP contribution in [0.15, 0.2) is 29.8 Å². The number of aliphatic hydroxyl groups excluding tert-OH is 1. The summed E-state index contributed by atoms with van der Waals surface area (Å²) in [4.78, 5) is 56.5. The molecule has 0 bridgehead atoms. The molecule has 9 nitrogen and oxygen atoms in total. The summed E-state index contributed by atoms with van der Waals surface area (Å²) >= 11 is 1.58. The summed E-state index contributed by atoms with van der Waals surface area (Å²) in [5.41, 5.74) is 4.16. The first kappa shape index (κ1) is 29.4. The lowest BCUT2D eigenvalue weighted by atomic mass is 9.85. The predicted molar refractivity (Wildman–Crippen MR) is 146 cm³/mol. The standard InChI is InChI=1S/C28H38N4O5S/c1-18-24(38-17-30-18)20-11-9-19(10-12-20)15-29-26(36)22-14-21(34)16-32(22)27(37)25(28(2,3)4)31-23(35)8-6-5-7-13-33/h9-13,17,21-22,25,34H,5-8,14-16H2,1-4H3,(H,29,36)(H,31,35)/t21-,22+,25-/m1/s1. The molecule has 1 aromatic carbocycles. The van der Waals surface area contributed by atoms with Crippen LogP contribution in [-0.2, 0) is 25.7 Å². The third-order valence-electron chi connectivity index (χ3n) is 6.69. The summed E-state index contributed by atoms with van der Waals surface area (Å²) in [7, 11) is 0. The number of hydrogen-bond acceptors (Lipinski definition) is 7. The molecule has 38 heavy (non-hydrogen) atoms. The van der Waals surface area contributed by atoms with Crippen molar-refractivity contribution in [1.29, 1.82) is 0 Å². The van der Waals surface area contributed by atoms with Gasteiger partial charge in [-0.1, -0.05) is 45.0 Å². The van der Waals surface area contributed by atoms with Gasteiger partial charge in [0.25, 0.3) is 0 Å². The van der Waals surface area contributed by atoms with E-state index in [4.69, 9.17) is 0 Å². The quantitative estimate of drug-likeness (QED) is 0.296. The highest BCUT2D eigenvalue weighted by Gasteiger charge is 2.44. The molecule has 0 spiro atoms.